The molecule has 0 radical (unpaired) electrons. The Morgan fingerprint density at radius 3 is 2.50 bits per heavy atom. The second-order valence-corrected chi connectivity index (χ2v) is 6.23. The first kappa shape index (κ1) is 13.7. The minimum Gasteiger partial charge on any atom is -0.370 e. The summed E-state index contributed by atoms with van der Waals surface area (Å²) in [6, 6.07) is 2.62. The molecule has 1 aromatic rings. The van der Waals surface area contributed by atoms with Gasteiger partial charge in [0.05, 0.1) is 0 Å². The van der Waals surface area contributed by atoms with Crippen molar-refractivity contribution in [3.8, 4) is 0 Å². The van der Waals surface area contributed by atoms with Gasteiger partial charge in [0.2, 0.25) is 0 Å². The summed E-state index contributed by atoms with van der Waals surface area (Å²) in [5.74, 6) is 4.54. The Kier molecular flexibility index (Phi) is 4.08. The van der Waals surface area contributed by atoms with Crippen molar-refractivity contribution in [2.24, 2.45) is 5.92 Å². The van der Waals surface area contributed by atoms with Gasteiger partial charge in [-0.3, -0.25) is 0 Å². The molecule has 0 spiro atoms. The molecule has 110 valence electrons. The average molecular weight is 274 g/mol. The van der Waals surface area contributed by atoms with Crippen molar-refractivity contribution >= 4 is 11.6 Å². The Balaban J connectivity index is 1.72. The van der Waals surface area contributed by atoms with Gasteiger partial charge < -0.3 is 10.6 Å². The lowest BCUT2D eigenvalue weighted by atomic mass is 10.1. The second kappa shape index (κ2) is 5.98. The van der Waals surface area contributed by atoms with Gasteiger partial charge in [-0.15, -0.1) is 0 Å². The van der Waals surface area contributed by atoms with E-state index in [1.165, 1.54) is 32.1 Å². The third-order valence-electron chi connectivity index (χ3n) is 4.20. The molecule has 1 aromatic heterocycles. The zero-order valence-electron chi connectivity index (χ0n) is 12.7. The summed E-state index contributed by atoms with van der Waals surface area (Å²) in [4.78, 5) is 9.36. The van der Waals surface area contributed by atoms with E-state index in [-0.39, 0.29) is 0 Å². The largest absolute Gasteiger partial charge is 0.370 e. The number of nitrogens with one attached hydrogen (secondary N) is 2. The van der Waals surface area contributed by atoms with Gasteiger partial charge in [0.15, 0.2) is 0 Å². The highest BCUT2D eigenvalue weighted by Gasteiger charge is 2.28. The fourth-order valence-corrected chi connectivity index (χ4v) is 2.63. The van der Waals surface area contributed by atoms with Gasteiger partial charge in [-0.2, -0.15) is 0 Å². The van der Waals surface area contributed by atoms with Crippen LogP contribution in [0.15, 0.2) is 6.07 Å². The van der Waals surface area contributed by atoms with Crippen LogP contribution in [0, 0.1) is 5.92 Å². The highest BCUT2D eigenvalue weighted by molar-refractivity contribution is 5.48. The fourth-order valence-electron chi connectivity index (χ4n) is 2.63. The van der Waals surface area contributed by atoms with E-state index < -0.39 is 0 Å². The van der Waals surface area contributed by atoms with Gasteiger partial charge in [-0.1, -0.05) is 19.8 Å². The van der Waals surface area contributed by atoms with E-state index in [1.54, 1.807) is 0 Å². The van der Waals surface area contributed by atoms with Crippen LogP contribution in [-0.2, 0) is 0 Å². The zero-order valence-corrected chi connectivity index (χ0v) is 12.7. The highest BCUT2D eigenvalue weighted by Crippen LogP contribution is 2.39. The summed E-state index contributed by atoms with van der Waals surface area (Å²) >= 11 is 0. The van der Waals surface area contributed by atoms with Crippen LogP contribution in [0.25, 0.3) is 0 Å². The van der Waals surface area contributed by atoms with Gasteiger partial charge in [0.1, 0.15) is 17.5 Å². The monoisotopic (exact) mass is 274 g/mol. The summed E-state index contributed by atoms with van der Waals surface area (Å²) in [6.07, 6.45) is 7.77. The molecule has 3 rings (SSSR count). The van der Waals surface area contributed by atoms with Crippen LogP contribution in [0.1, 0.15) is 64.1 Å². The molecule has 2 aliphatic rings. The van der Waals surface area contributed by atoms with Crippen LogP contribution in [0.2, 0.25) is 0 Å². The van der Waals surface area contributed by atoms with Gasteiger partial charge in [-0.25, -0.2) is 9.97 Å². The third-order valence-corrected chi connectivity index (χ3v) is 4.20. The van der Waals surface area contributed by atoms with Crippen LogP contribution in [0.3, 0.4) is 0 Å². The lowest BCUT2D eigenvalue weighted by Crippen LogP contribution is -2.20. The Morgan fingerprint density at radius 2 is 1.90 bits per heavy atom. The van der Waals surface area contributed by atoms with Crippen LogP contribution < -0.4 is 10.6 Å². The number of hydrogen-bond donors (Lipinski definition) is 2. The number of aromatic nitrogens is 2. The second-order valence-electron chi connectivity index (χ2n) is 6.23. The van der Waals surface area contributed by atoms with Crippen molar-refractivity contribution in [2.75, 3.05) is 17.2 Å². The predicted molar refractivity (Wildman–Crippen MR) is 83.2 cm³/mol. The number of rotatable bonds is 8. The van der Waals surface area contributed by atoms with Gasteiger partial charge in [0, 0.05) is 24.6 Å². The van der Waals surface area contributed by atoms with E-state index in [4.69, 9.17) is 4.98 Å². The molecule has 1 heterocycles. The molecule has 2 fully saturated rings. The molecule has 4 heteroatoms. The quantitative estimate of drug-likeness (QED) is 0.757. The summed E-state index contributed by atoms with van der Waals surface area (Å²) in [5.41, 5.74) is 0. The molecule has 20 heavy (non-hydrogen) atoms. The molecular weight excluding hydrogens is 248 g/mol. The maximum absolute atomic E-state index is 4.73. The maximum Gasteiger partial charge on any atom is 0.136 e. The fraction of sp³-hybridized carbons (Fsp3) is 0.750. The standard InChI is InChI=1S/C16H26N4/c1-3-13(9-11-5-6-11)18-15-10-14(17-4-2)19-16(20-15)12-7-8-12/h10-13H,3-9H2,1-2H3,(H2,17,18,19,20). The molecule has 4 nitrogen and oxygen atoms in total. The molecule has 1 unspecified atom stereocenters. The minimum absolute atomic E-state index is 0.555. The van der Waals surface area contributed by atoms with Crippen LogP contribution >= 0.6 is 0 Å². The first-order chi connectivity index (χ1) is 9.78. The molecule has 0 saturated heterocycles. The molecule has 2 saturated carbocycles. The molecule has 1 atom stereocenters. The van der Waals surface area contributed by atoms with E-state index in [2.05, 4.69) is 35.5 Å². The smallest absolute Gasteiger partial charge is 0.136 e. The topological polar surface area (TPSA) is 49.8 Å². The van der Waals surface area contributed by atoms with Gasteiger partial charge >= 0.3 is 0 Å². The number of anilines is 2. The molecule has 0 bridgehead atoms. The minimum atomic E-state index is 0.555. The molecule has 2 N–H and O–H groups in total. The average Bonchev–Trinajstić information content (AvgIpc) is 3.31. The lowest BCUT2D eigenvalue weighted by Gasteiger charge is -2.18. The first-order valence-electron chi connectivity index (χ1n) is 8.17. The molecule has 0 amide bonds. The number of nitrogens with zero attached hydrogens (tertiary/aromatic N) is 2. The SMILES string of the molecule is CCNc1cc(NC(CC)CC2CC2)nc(C2CC2)n1. The summed E-state index contributed by atoms with van der Waals surface area (Å²) in [6.45, 7) is 5.27. The van der Waals surface area contributed by atoms with Crippen molar-refractivity contribution in [3.63, 3.8) is 0 Å². The van der Waals surface area contributed by atoms with E-state index in [1.807, 2.05) is 0 Å². The lowest BCUT2D eigenvalue weighted by molar-refractivity contribution is 0.584. The maximum atomic E-state index is 4.73. The normalized spacial score (nSPS) is 19.7. The zero-order chi connectivity index (χ0) is 13.9. The summed E-state index contributed by atoms with van der Waals surface area (Å²) in [7, 11) is 0. The Labute approximate surface area is 121 Å². The first-order valence-corrected chi connectivity index (χ1v) is 8.17. The van der Waals surface area contributed by atoms with E-state index in [9.17, 15) is 0 Å². The van der Waals surface area contributed by atoms with Crippen molar-refractivity contribution in [2.45, 2.75) is 64.3 Å². The Morgan fingerprint density at radius 1 is 1.15 bits per heavy atom. The Hall–Kier alpha value is -1.32. The molecular formula is C16H26N4. The molecule has 0 aliphatic heterocycles. The highest BCUT2D eigenvalue weighted by atomic mass is 15.1. The van der Waals surface area contributed by atoms with E-state index >= 15 is 0 Å². The molecule has 0 aromatic carbocycles. The van der Waals surface area contributed by atoms with Crippen molar-refractivity contribution in [3.05, 3.63) is 11.9 Å². The Bertz CT molecular complexity index is 452. The van der Waals surface area contributed by atoms with Gasteiger partial charge in [0.25, 0.3) is 0 Å². The number of hydrogen-bond acceptors (Lipinski definition) is 4. The van der Waals surface area contributed by atoms with Crippen LogP contribution in [0.5, 0.6) is 0 Å². The van der Waals surface area contributed by atoms with Crippen molar-refractivity contribution < 1.29 is 0 Å². The van der Waals surface area contributed by atoms with Gasteiger partial charge in [-0.05, 0) is 38.5 Å². The predicted octanol–water partition coefficient (Wildman–Crippen LogP) is 3.78. The van der Waals surface area contributed by atoms with Crippen molar-refractivity contribution in [1.82, 2.24) is 9.97 Å². The molecule has 2 aliphatic carbocycles. The van der Waals surface area contributed by atoms with Crippen LogP contribution in [-0.4, -0.2) is 22.6 Å². The summed E-state index contributed by atoms with van der Waals surface area (Å²) < 4.78 is 0. The van der Waals surface area contributed by atoms with E-state index in [0.29, 0.717) is 12.0 Å². The van der Waals surface area contributed by atoms with Crippen molar-refractivity contribution in [1.29, 1.82) is 0 Å². The third kappa shape index (κ3) is 3.62. The summed E-state index contributed by atoms with van der Waals surface area (Å²) in [5, 5.41) is 6.95. The van der Waals surface area contributed by atoms with Crippen LogP contribution in [0.4, 0.5) is 11.6 Å². The van der Waals surface area contributed by atoms with E-state index in [0.717, 1.165) is 36.3 Å².